The molecule has 0 aliphatic heterocycles. The van der Waals surface area contributed by atoms with Crippen molar-refractivity contribution < 1.29 is 9.90 Å². The van der Waals surface area contributed by atoms with Crippen LogP contribution in [-0.4, -0.2) is 20.9 Å². The summed E-state index contributed by atoms with van der Waals surface area (Å²) in [5.41, 5.74) is -0.341. The highest BCUT2D eigenvalue weighted by Gasteiger charge is 2.07. The van der Waals surface area contributed by atoms with Gasteiger partial charge in [-0.25, -0.2) is 4.79 Å². The molecule has 0 bridgehead atoms. The molecule has 1 rings (SSSR count). The van der Waals surface area contributed by atoms with Gasteiger partial charge in [-0.15, -0.1) is 0 Å². The molecule has 0 saturated carbocycles. The summed E-state index contributed by atoms with van der Waals surface area (Å²) in [5.74, 6) is -1.10. The Kier molecular flexibility index (Phi) is 2.89. The van der Waals surface area contributed by atoms with Crippen molar-refractivity contribution in [2.75, 3.05) is 0 Å². The second-order valence-corrected chi connectivity index (χ2v) is 2.82. The molecule has 72 valence electrons. The number of unbranched alkanes of at least 4 members (excludes halogenated alkanes) is 1. The molecule has 5 heteroatoms. The number of hydrogen-bond donors (Lipinski definition) is 2. The molecule has 1 aromatic rings. The van der Waals surface area contributed by atoms with E-state index in [9.17, 15) is 9.59 Å². The topological polar surface area (TPSA) is 75.1 Å². The molecule has 13 heavy (non-hydrogen) atoms. The zero-order chi connectivity index (χ0) is 9.84. The van der Waals surface area contributed by atoms with Crippen LogP contribution in [0.25, 0.3) is 0 Å². The van der Waals surface area contributed by atoms with Crippen molar-refractivity contribution in [2.24, 2.45) is 0 Å². The lowest BCUT2D eigenvalue weighted by Crippen LogP contribution is -2.15. The Labute approximate surface area is 75.0 Å². The van der Waals surface area contributed by atoms with Gasteiger partial charge in [-0.2, -0.15) is 0 Å². The molecule has 0 aliphatic rings. The van der Waals surface area contributed by atoms with Crippen molar-refractivity contribution in [3.05, 3.63) is 22.1 Å². The number of aromatic amines is 1. The van der Waals surface area contributed by atoms with Gasteiger partial charge in [0.1, 0.15) is 5.69 Å². The van der Waals surface area contributed by atoms with Crippen LogP contribution < -0.4 is 5.56 Å². The maximum absolute atomic E-state index is 11.1. The van der Waals surface area contributed by atoms with Crippen LogP contribution in [-0.2, 0) is 6.54 Å². The summed E-state index contributed by atoms with van der Waals surface area (Å²) in [5, 5.41) is 11.1. The van der Waals surface area contributed by atoms with Gasteiger partial charge in [-0.1, -0.05) is 13.3 Å². The number of carboxylic acids is 1. The average Bonchev–Trinajstić information content (AvgIpc) is 2.44. The molecular formula is C8H12N2O3. The predicted octanol–water partition coefficient (Wildman–Crippen LogP) is 0.675. The van der Waals surface area contributed by atoms with E-state index in [4.69, 9.17) is 5.11 Å². The van der Waals surface area contributed by atoms with Gasteiger partial charge >= 0.3 is 5.97 Å². The van der Waals surface area contributed by atoms with E-state index in [1.165, 1.54) is 4.68 Å². The summed E-state index contributed by atoms with van der Waals surface area (Å²) in [6.45, 7) is 2.55. The Hall–Kier alpha value is -1.52. The summed E-state index contributed by atoms with van der Waals surface area (Å²) < 4.78 is 1.31. The summed E-state index contributed by atoms with van der Waals surface area (Å²) in [6.07, 6.45) is 1.83. The maximum Gasteiger partial charge on any atom is 0.353 e. The van der Waals surface area contributed by atoms with Crippen molar-refractivity contribution in [3.63, 3.8) is 0 Å². The average molecular weight is 184 g/mol. The highest BCUT2D eigenvalue weighted by atomic mass is 16.4. The quantitative estimate of drug-likeness (QED) is 0.722. The number of H-pyrrole nitrogens is 1. The Morgan fingerprint density at radius 1 is 1.69 bits per heavy atom. The van der Waals surface area contributed by atoms with Crippen molar-refractivity contribution in [1.82, 2.24) is 9.78 Å². The first-order valence-electron chi connectivity index (χ1n) is 4.18. The van der Waals surface area contributed by atoms with Crippen LogP contribution in [0.15, 0.2) is 10.9 Å². The van der Waals surface area contributed by atoms with Crippen LogP contribution >= 0.6 is 0 Å². The van der Waals surface area contributed by atoms with E-state index in [1.54, 1.807) is 0 Å². The minimum atomic E-state index is -1.10. The summed E-state index contributed by atoms with van der Waals surface area (Å²) in [7, 11) is 0. The fourth-order valence-electron chi connectivity index (χ4n) is 1.03. The standard InChI is InChI=1S/C8H12N2O3/c1-2-3-4-10-7(11)5-6(9-10)8(12)13/h5,9H,2-4H2,1H3,(H,12,13). The van der Waals surface area contributed by atoms with Gasteiger partial charge in [-0.3, -0.25) is 14.6 Å². The number of nitrogens with zero attached hydrogens (tertiary/aromatic N) is 1. The largest absolute Gasteiger partial charge is 0.477 e. The van der Waals surface area contributed by atoms with Gasteiger partial charge in [0.25, 0.3) is 5.56 Å². The molecule has 0 amide bonds. The maximum atomic E-state index is 11.1. The Bertz CT molecular complexity index is 351. The van der Waals surface area contributed by atoms with Gasteiger partial charge in [0.2, 0.25) is 0 Å². The minimum absolute atomic E-state index is 0.0545. The van der Waals surface area contributed by atoms with Gasteiger partial charge in [-0.05, 0) is 6.42 Å². The number of nitrogens with one attached hydrogen (secondary N) is 1. The fourth-order valence-corrected chi connectivity index (χ4v) is 1.03. The normalized spacial score (nSPS) is 10.2. The Morgan fingerprint density at radius 2 is 2.38 bits per heavy atom. The molecule has 0 aromatic carbocycles. The number of carbonyl (C=O) groups is 1. The molecule has 0 unspecified atom stereocenters. The monoisotopic (exact) mass is 184 g/mol. The van der Waals surface area contributed by atoms with Gasteiger partial charge in [0.15, 0.2) is 0 Å². The van der Waals surface area contributed by atoms with Crippen LogP contribution in [0.4, 0.5) is 0 Å². The molecule has 1 heterocycles. The second kappa shape index (κ2) is 3.93. The number of aryl methyl sites for hydroxylation is 1. The predicted molar refractivity (Wildman–Crippen MR) is 46.9 cm³/mol. The van der Waals surface area contributed by atoms with Crippen molar-refractivity contribution in [1.29, 1.82) is 0 Å². The lowest BCUT2D eigenvalue weighted by Gasteiger charge is -1.98. The first-order valence-corrected chi connectivity index (χ1v) is 4.18. The van der Waals surface area contributed by atoms with E-state index < -0.39 is 5.97 Å². The van der Waals surface area contributed by atoms with Gasteiger partial charge in [0.05, 0.1) is 0 Å². The number of carboxylic acid groups (broad SMARTS) is 1. The minimum Gasteiger partial charge on any atom is -0.477 e. The third kappa shape index (κ3) is 2.21. The van der Waals surface area contributed by atoms with Gasteiger partial charge < -0.3 is 5.11 Å². The molecule has 0 fully saturated rings. The van der Waals surface area contributed by atoms with E-state index in [2.05, 4.69) is 5.10 Å². The molecule has 0 saturated heterocycles. The molecule has 0 aliphatic carbocycles. The first-order chi connectivity index (χ1) is 6.15. The summed E-state index contributed by atoms with van der Waals surface area (Å²) in [4.78, 5) is 21.6. The highest BCUT2D eigenvalue weighted by molar-refractivity contribution is 5.84. The molecule has 0 atom stereocenters. The van der Waals surface area contributed by atoms with Crippen LogP contribution in [0.5, 0.6) is 0 Å². The smallest absolute Gasteiger partial charge is 0.353 e. The SMILES string of the molecule is CCCCn1[nH]c(C(=O)O)cc1=O. The van der Waals surface area contributed by atoms with Crippen LogP contribution in [0.3, 0.4) is 0 Å². The first kappa shape index (κ1) is 9.57. The number of aromatic carboxylic acids is 1. The molecule has 1 aromatic heterocycles. The van der Waals surface area contributed by atoms with E-state index in [-0.39, 0.29) is 11.3 Å². The van der Waals surface area contributed by atoms with Crippen LogP contribution in [0, 0.1) is 0 Å². The van der Waals surface area contributed by atoms with E-state index in [0.29, 0.717) is 6.54 Å². The molecule has 0 radical (unpaired) electrons. The van der Waals surface area contributed by atoms with E-state index >= 15 is 0 Å². The summed E-state index contributed by atoms with van der Waals surface area (Å²) >= 11 is 0. The fraction of sp³-hybridized carbons (Fsp3) is 0.500. The van der Waals surface area contributed by atoms with Crippen molar-refractivity contribution in [3.8, 4) is 0 Å². The van der Waals surface area contributed by atoms with Crippen LogP contribution in [0.2, 0.25) is 0 Å². The van der Waals surface area contributed by atoms with E-state index in [1.807, 2.05) is 6.92 Å². The Balaban J connectivity index is 2.84. The third-order valence-corrected chi connectivity index (χ3v) is 1.75. The third-order valence-electron chi connectivity index (χ3n) is 1.75. The van der Waals surface area contributed by atoms with Crippen LogP contribution in [0.1, 0.15) is 30.3 Å². The van der Waals surface area contributed by atoms with Crippen molar-refractivity contribution >= 4 is 5.97 Å². The Morgan fingerprint density at radius 3 is 2.85 bits per heavy atom. The lowest BCUT2D eigenvalue weighted by atomic mass is 10.3. The number of hydrogen-bond acceptors (Lipinski definition) is 2. The molecule has 5 nitrogen and oxygen atoms in total. The van der Waals surface area contributed by atoms with Crippen molar-refractivity contribution in [2.45, 2.75) is 26.3 Å². The zero-order valence-electron chi connectivity index (χ0n) is 7.41. The highest BCUT2D eigenvalue weighted by Crippen LogP contribution is 1.93. The molecular weight excluding hydrogens is 172 g/mol. The molecule has 2 N–H and O–H groups in total. The second-order valence-electron chi connectivity index (χ2n) is 2.82. The number of aromatic nitrogens is 2. The number of rotatable bonds is 4. The van der Waals surface area contributed by atoms with Gasteiger partial charge in [0, 0.05) is 12.6 Å². The zero-order valence-corrected chi connectivity index (χ0v) is 7.41. The van der Waals surface area contributed by atoms with E-state index in [0.717, 1.165) is 18.9 Å². The summed E-state index contributed by atoms with van der Waals surface area (Å²) in [6, 6.07) is 1.10. The lowest BCUT2D eigenvalue weighted by molar-refractivity contribution is 0.0689. The molecule has 0 spiro atoms.